The predicted octanol–water partition coefficient (Wildman–Crippen LogP) is 4.45. The van der Waals surface area contributed by atoms with E-state index in [0.29, 0.717) is 13.0 Å². The van der Waals surface area contributed by atoms with Gasteiger partial charge in [-0.1, -0.05) is 54.6 Å². The van der Waals surface area contributed by atoms with Gasteiger partial charge in [-0.2, -0.15) is 5.10 Å². The number of carbonyl (C=O) groups excluding carboxylic acids is 1. The highest BCUT2D eigenvalue weighted by atomic mass is 16.2. The third-order valence-corrected chi connectivity index (χ3v) is 6.37. The third-order valence-electron chi connectivity index (χ3n) is 6.37. The van der Waals surface area contributed by atoms with E-state index < -0.39 is 0 Å². The molecule has 0 spiro atoms. The first kappa shape index (κ1) is 19.5. The molecule has 0 atom stereocenters. The Hall–Kier alpha value is -3.47. The van der Waals surface area contributed by atoms with Crippen LogP contribution >= 0.6 is 0 Å². The van der Waals surface area contributed by atoms with Gasteiger partial charge in [0.2, 0.25) is 5.91 Å². The van der Waals surface area contributed by atoms with Crippen LogP contribution in [0.25, 0.3) is 16.8 Å². The second-order valence-corrected chi connectivity index (χ2v) is 8.33. The van der Waals surface area contributed by atoms with Gasteiger partial charge >= 0.3 is 0 Å². The summed E-state index contributed by atoms with van der Waals surface area (Å²) >= 11 is 0. The molecular weight excluding hydrogens is 384 g/mol. The highest BCUT2D eigenvalue weighted by Crippen LogP contribution is 2.29. The summed E-state index contributed by atoms with van der Waals surface area (Å²) in [5.41, 5.74) is 9.40. The van der Waals surface area contributed by atoms with Crippen molar-refractivity contribution in [3.63, 3.8) is 0 Å². The van der Waals surface area contributed by atoms with Crippen LogP contribution in [0.2, 0.25) is 0 Å². The first-order chi connectivity index (χ1) is 15.0. The number of aryl methyl sites for hydroxylation is 3. The van der Waals surface area contributed by atoms with E-state index in [9.17, 15) is 4.79 Å². The number of rotatable bonds is 3. The maximum atomic E-state index is 13.2. The fraction of sp³-hybridized carbons (Fsp3) is 0.269. The molecule has 1 amide bonds. The minimum atomic E-state index is 0.147. The summed E-state index contributed by atoms with van der Waals surface area (Å²) in [6.45, 7) is 7.50. The molecule has 0 bridgehead atoms. The molecule has 0 unspecified atom stereocenters. The minimum Gasteiger partial charge on any atom is -0.338 e. The Kier molecular flexibility index (Phi) is 4.81. The second-order valence-electron chi connectivity index (χ2n) is 8.33. The van der Waals surface area contributed by atoms with E-state index in [1.807, 2.05) is 54.5 Å². The zero-order chi connectivity index (χ0) is 21.5. The highest BCUT2D eigenvalue weighted by molar-refractivity contribution is 5.82. The van der Waals surface area contributed by atoms with Crippen LogP contribution < -0.4 is 0 Å². The van der Waals surface area contributed by atoms with Gasteiger partial charge in [0.05, 0.1) is 12.1 Å². The van der Waals surface area contributed by atoms with Crippen molar-refractivity contribution in [1.29, 1.82) is 0 Å². The molecular formula is C26H26N4O. The molecule has 2 aromatic carbocycles. The average Bonchev–Trinajstić information content (AvgIpc) is 3.12. The topological polar surface area (TPSA) is 50.5 Å². The third kappa shape index (κ3) is 3.40. The molecule has 1 aliphatic rings. The minimum absolute atomic E-state index is 0.147. The molecule has 0 radical (unpaired) electrons. The smallest absolute Gasteiger partial charge is 0.227 e. The molecule has 0 saturated heterocycles. The Labute approximate surface area is 182 Å². The first-order valence-corrected chi connectivity index (χ1v) is 10.8. The average molecular weight is 411 g/mol. The maximum absolute atomic E-state index is 13.2. The lowest BCUT2D eigenvalue weighted by Gasteiger charge is -2.29. The van der Waals surface area contributed by atoms with Crippen molar-refractivity contribution in [2.45, 2.75) is 40.2 Å². The molecule has 0 aliphatic carbocycles. The van der Waals surface area contributed by atoms with Crippen LogP contribution in [-0.2, 0) is 24.2 Å². The van der Waals surface area contributed by atoms with Gasteiger partial charge in [-0.25, -0.2) is 9.50 Å². The van der Waals surface area contributed by atoms with Crippen LogP contribution in [-0.4, -0.2) is 31.9 Å². The van der Waals surface area contributed by atoms with E-state index in [1.54, 1.807) is 0 Å². The number of benzene rings is 2. The van der Waals surface area contributed by atoms with Gasteiger partial charge in [0.15, 0.2) is 5.65 Å². The van der Waals surface area contributed by atoms with Crippen molar-refractivity contribution in [3.05, 3.63) is 88.4 Å². The summed E-state index contributed by atoms with van der Waals surface area (Å²) < 4.78 is 1.90. The van der Waals surface area contributed by atoms with E-state index in [-0.39, 0.29) is 5.91 Å². The normalized spacial score (nSPS) is 13.5. The van der Waals surface area contributed by atoms with Gasteiger partial charge < -0.3 is 4.90 Å². The first-order valence-electron chi connectivity index (χ1n) is 10.8. The van der Waals surface area contributed by atoms with Crippen molar-refractivity contribution in [2.75, 3.05) is 6.54 Å². The Bertz CT molecular complexity index is 1290. The number of aromatic nitrogens is 3. The zero-order valence-corrected chi connectivity index (χ0v) is 18.2. The van der Waals surface area contributed by atoms with Crippen LogP contribution in [0.5, 0.6) is 0 Å². The van der Waals surface area contributed by atoms with Gasteiger partial charge in [-0.15, -0.1) is 0 Å². The molecule has 156 valence electrons. The quantitative estimate of drug-likeness (QED) is 0.501. The Morgan fingerprint density at radius 3 is 2.42 bits per heavy atom. The van der Waals surface area contributed by atoms with Crippen molar-refractivity contribution in [2.24, 2.45) is 0 Å². The number of carbonyl (C=O) groups is 1. The second kappa shape index (κ2) is 7.65. The number of fused-ring (bicyclic) bond motifs is 2. The van der Waals surface area contributed by atoms with E-state index >= 15 is 0 Å². The molecule has 2 aromatic heterocycles. The van der Waals surface area contributed by atoms with Crippen molar-refractivity contribution in [1.82, 2.24) is 19.5 Å². The summed E-state index contributed by atoms with van der Waals surface area (Å²) in [6.07, 6.45) is 1.26. The lowest BCUT2D eigenvalue weighted by molar-refractivity contribution is -0.131. The van der Waals surface area contributed by atoms with Crippen LogP contribution in [0.15, 0.2) is 54.6 Å². The molecule has 5 nitrogen and oxygen atoms in total. The molecule has 3 heterocycles. The maximum Gasteiger partial charge on any atom is 0.227 e. The molecule has 5 rings (SSSR count). The van der Waals surface area contributed by atoms with Gasteiger partial charge in [-0.3, -0.25) is 4.79 Å². The van der Waals surface area contributed by atoms with Gasteiger partial charge in [0.25, 0.3) is 0 Å². The van der Waals surface area contributed by atoms with Crippen LogP contribution in [0.3, 0.4) is 0 Å². The summed E-state index contributed by atoms with van der Waals surface area (Å²) in [7, 11) is 0. The van der Waals surface area contributed by atoms with E-state index in [1.165, 1.54) is 11.1 Å². The number of hydrogen-bond donors (Lipinski definition) is 0. The van der Waals surface area contributed by atoms with Crippen LogP contribution in [0.1, 0.15) is 33.8 Å². The summed E-state index contributed by atoms with van der Waals surface area (Å²) in [5, 5.41) is 4.77. The van der Waals surface area contributed by atoms with Crippen LogP contribution in [0, 0.1) is 20.8 Å². The summed E-state index contributed by atoms with van der Waals surface area (Å²) in [5.74, 6) is 0.147. The fourth-order valence-corrected chi connectivity index (χ4v) is 4.64. The van der Waals surface area contributed by atoms with Gasteiger partial charge in [0.1, 0.15) is 0 Å². The SMILES string of the molecule is Cc1nc2c(-c3ccccc3)c(C)nn2c(C)c1CC(=O)N1CCc2ccccc2C1. The Morgan fingerprint density at radius 1 is 0.935 bits per heavy atom. The largest absolute Gasteiger partial charge is 0.338 e. The zero-order valence-electron chi connectivity index (χ0n) is 18.2. The molecule has 4 aromatic rings. The summed E-state index contributed by atoms with van der Waals surface area (Å²) in [4.78, 5) is 20.0. The number of hydrogen-bond acceptors (Lipinski definition) is 3. The van der Waals surface area contributed by atoms with Gasteiger partial charge in [-0.05, 0) is 43.9 Å². The highest BCUT2D eigenvalue weighted by Gasteiger charge is 2.24. The molecule has 5 heteroatoms. The van der Waals surface area contributed by atoms with E-state index in [2.05, 4.69) is 30.3 Å². The van der Waals surface area contributed by atoms with Crippen molar-refractivity contribution in [3.8, 4) is 11.1 Å². The van der Waals surface area contributed by atoms with E-state index in [4.69, 9.17) is 10.1 Å². The number of nitrogens with zero attached hydrogens (tertiary/aromatic N) is 4. The Morgan fingerprint density at radius 2 is 1.65 bits per heavy atom. The Balaban J connectivity index is 1.48. The molecule has 31 heavy (non-hydrogen) atoms. The summed E-state index contributed by atoms with van der Waals surface area (Å²) in [6, 6.07) is 18.6. The monoisotopic (exact) mass is 410 g/mol. The number of amides is 1. The lowest BCUT2D eigenvalue weighted by atomic mass is 9.99. The molecule has 0 saturated carbocycles. The standard InChI is InChI=1S/C26H26N4O/c1-17-23(15-24(31)29-14-13-20-9-7-8-12-22(20)16-29)19(3)30-26(27-17)25(18(2)28-30)21-10-5-4-6-11-21/h4-12H,13-16H2,1-3H3. The molecule has 0 N–H and O–H groups in total. The van der Waals surface area contributed by atoms with E-state index in [0.717, 1.165) is 52.4 Å². The van der Waals surface area contributed by atoms with Crippen LogP contribution in [0.4, 0.5) is 0 Å². The molecule has 1 aliphatic heterocycles. The molecule has 0 fully saturated rings. The fourth-order valence-electron chi connectivity index (χ4n) is 4.64. The predicted molar refractivity (Wildman–Crippen MR) is 122 cm³/mol. The van der Waals surface area contributed by atoms with Gasteiger partial charge in [0, 0.05) is 35.6 Å². The lowest BCUT2D eigenvalue weighted by Crippen LogP contribution is -2.37. The van der Waals surface area contributed by atoms with Crippen molar-refractivity contribution < 1.29 is 4.79 Å². The van der Waals surface area contributed by atoms with Crippen molar-refractivity contribution >= 4 is 11.6 Å².